The third-order valence-electron chi connectivity index (χ3n) is 5.21. The number of halogens is 2. The number of anilines is 1. The Morgan fingerprint density at radius 1 is 1.32 bits per heavy atom. The van der Waals surface area contributed by atoms with Gasteiger partial charge in [-0.1, -0.05) is 31.5 Å². The zero-order valence-electron chi connectivity index (χ0n) is 19.5. The number of pyridine rings is 1. The van der Waals surface area contributed by atoms with Crippen LogP contribution in [0.2, 0.25) is 5.02 Å². The number of aryl methyl sites for hydroxylation is 1. The summed E-state index contributed by atoms with van der Waals surface area (Å²) in [6.07, 6.45) is 10.6. The number of nitrogens with zero attached hydrogens (tertiary/aromatic N) is 4. The highest BCUT2D eigenvalue weighted by Gasteiger charge is 2.27. The topological polar surface area (TPSA) is 97.6 Å². The standard InChI is InChI=1S/C23H30ClN7O2.ClH/c1-15(2)25-8-4-10-32-17-12-19(24)23(26-13-17)33-16-5-6-20-18(11-16)22(28-14-27-20)29-21-7-9-31(3)30-21;/h5-7,9,12-16,20,25H,4,8,10-11H2,1-3H3,(H,27,28)(H,29,30);1H. The van der Waals surface area contributed by atoms with Gasteiger partial charge in [0.05, 0.1) is 25.2 Å². The maximum atomic E-state index is 6.43. The minimum Gasteiger partial charge on any atom is -0.492 e. The molecule has 0 amide bonds. The number of rotatable bonds is 10. The van der Waals surface area contributed by atoms with Crippen LogP contribution in [0.15, 0.2) is 53.1 Å². The second-order valence-electron chi connectivity index (χ2n) is 8.28. The van der Waals surface area contributed by atoms with Crippen molar-refractivity contribution in [3.8, 4) is 11.6 Å². The van der Waals surface area contributed by atoms with E-state index in [1.54, 1.807) is 23.3 Å². The number of fused-ring (bicyclic) bond motifs is 1. The van der Waals surface area contributed by atoms with Crippen molar-refractivity contribution < 1.29 is 9.47 Å². The third-order valence-corrected chi connectivity index (χ3v) is 5.48. The van der Waals surface area contributed by atoms with Gasteiger partial charge in [-0.25, -0.2) is 4.98 Å². The molecule has 1 aliphatic heterocycles. The molecular weight excluding hydrogens is 477 g/mol. The first-order valence-electron chi connectivity index (χ1n) is 11.1. The van der Waals surface area contributed by atoms with Crippen molar-refractivity contribution in [1.82, 2.24) is 25.4 Å². The third kappa shape index (κ3) is 6.88. The van der Waals surface area contributed by atoms with Crippen LogP contribution < -0.4 is 25.4 Å². The monoisotopic (exact) mass is 507 g/mol. The zero-order valence-corrected chi connectivity index (χ0v) is 21.1. The summed E-state index contributed by atoms with van der Waals surface area (Å²) in [4.78, 5) is 8.88. The lowest BCUT2D eigenvalue weighted by Gasteiger charge is -2.29. The molecule has 1 aliphatic carbocycles. The number of aromatic nitrogens is 3. The van der Waals surface area contributed by atoms with Gasteiger partial charge in [-0.15, -0.1) is 12.4 Å². The minimum absolute atomic E-state index is 0. The van der Waals surface area contributed by atoms with Crippen molar-refractivity contribution >= 4 is 36.2 Å². The van der Waals surface area contributed by atoms with Crippen LogP contribution in [-0.4, -0.2) is 52.4 Å². The van der Waals surface area contributed by atoms with E-state index in [0.717, 1.165) is 30.2 Å². The predicted octanol–water partition coefficient (Wildman–Crippen LogP) is 3.69. The quantitative estimate of drug-likeness (QED) is 0.333. The van der Waals surface area contributed by atoms with E-state index in [0.29, 0.717) is 35.7 Å². The largest absolute Gasteiger partial charge is 0.492 e. The Morgan fingerprint density at radius 3 is 2.91 bits per heavy atom. The fourth-order valence-electron chi connectivity index (χ4n) is 3.59. The van der Waals surface area contributed by atoms with E-state index in [1.165, 1.54) is 0 Å². The van der Waals surface area contributed by atoms with Gasteiger partial charge < -0.3 is 25.4 Å². The molecule has 0 bridgehead atoms. The smallest absolute Gasteiger partial charge is 0.233 e. The molecule has 2 aliphatic rings. The Hall–Kier alpha value is -2.75. The average molecular weight is 508 g/mol. The maximum Gasteiger partial charge on any atom is 0.233 e. The van der Waals surface area contributed by atoms with Gasteiger partial charge in [0.2, 0.25) is 5.88 Å². The van der Waals surface area contributed by atoms with Gasteiger partial charge in [-0.3, -0.25) is 9.67 Å². The van der Waals surface area contributed by atoms with Crippen LogP contribution in [0.25, 0.3) is 0 Å². The molecule has 0 aromatic carbocycles. The number of nitrogens with one attached hydrogen (secondary N) is 3. The molecule has 9 nitrogen and oxygen atoms in total. The summed E-state index contributed by atoms with van der Waals surface area (Å²) in [5.74, 6) is 2.63. The summed E-state index contributed by atoms with van der Waals surface area (Å²) in [6.45, 7) is 5.74. The molecule has 4 rings (SSSR count). The van der Waals surface area contributed by atoms with Crippen molar-refractivity contribution in [1.29, 1.82) is 0 Å². The van der Waals surface area contributed by atoms with Gasteiger partial charge in [0.15, 0.2) is 5.82 Å². The highest BCUT2D eigenvalue weighted by Crippen LogP contribution is 2.31. The van der Waals surface area contributed by atoms with E-state index >= 15 is 0 Å². The van der Waals surface area contributed by atoms with Crippen molar-refractivity contribution in [3.05, 3.63) is 53.1 Å². The van der Waals surface area contributed by atoms with Gasteiger partial charge in [0, 0.05) is 43.4 Å². The molecule has 0 saturated heterocycles. The average Bonchev–Trinajstić information content (AvgIpc) is 3.20. The van der Waals surface area contributed by atoms with E-state index in [2.05, 4.69) is 44.9 Å². The Balaban J connectivity index is 0.00000324. The molecule has 2 aromatic heterocycles. The number of hydrogen-bond donors (Lipinski definition) is 3. The van der Waals surface area contributed by atoms with Crippen molar-refractivity contribution in [3.63, 3.8) is 0 Å². The Bertz CT molecular complexity index is 1050. The summed E-state index contributed by atoms with van der Waals surface area (Å²) in [5, 5.41) is 14.7. The molecule has 2 unspecified atom stereocenters. The summed E-state index contributed by atoms with van der Waals surface area (Å²) in [7, 11) is 1.88. The van der Waals surface area contributed by atoms with E-state index in [-0.39, 0.29) is 24.6 Å². The van der Waals surface area contributed by atoms with Crippen LogP contribution >= 0.6 is 24.0 Å². The van der Waals surface area contributed by atoms with Gasteiger partial charge >= 0.3 is 0 Å². The van der Waals surface area contributed by atoms with E-state index in [4.69, 9.17) is 21.1 Å². The van der Waals surface area contributed by atoms with Crippen LogP contribution in [0.5, 0.6) is 11.6 Å². The number of aliphatic imine (C=N–C) groups is 1. The summed E-state index contributed by atoms with van der Waals surface area (Å²) < 4.78 is 13.6. The highest BCUT2D eigenvalue weighted by atomic mass is 35.5. The lowest BCUT2D eigenvalue weighted by molar-refractivity contribution is 0.232. The zero-order chi connectivity index (χ0) is 23.2. The first-order chi connectivity index (χ1) is 16.0. The van der Waals surface area contributed by atoms with Crippen LogP contribution in [0, 0.1) is 0 Å². The second-order valence-corrected chi connectivity index (χ2v) is 8.69. The van der Waals surface area contributed by atoms with Crippen LogP contribution in [0.3, 0.4) is 0 Å². The summed E-state index contributed by atoms with van der Waals surface area (Å²) >= 11 is 6.43. The van der Waals surface area contributed by atoms with E-state index in [1.807, 2.05) is 31.5 Å². The summed E-state index contributed by atoms with van der Waals surface area (Å²) in [6, 6.07) is 4.09. The van der Waals surface area contributed by atoms with Crippen molar-refractivity contribution in [2.24, 2.45) is 12.0 Å². The van der Waals surface area contributed by atoms with Crippen LogP contribution in [0.1, 0.15) is 26.7 Å². The molecule has 3 N–H and O–H groups in total. The first-order valence-corrected chi connectivity index (χ1v) is 11.5. The molecule has 0 spiro atoms. The van der Waals surface area contributed by atoms with Gasteiger partial charge in [-0.2, -0.15) is 5.10 Å². The van der Waals surface area contributed by atoms with E-state index < -0.39 is 0 Å². The lowest BCUT2D eigenvalue weighted by atomic mass is 9.93. The molecule has 11 heteroatoms. The van der Waals surface area contributed by atoms with Gasteiger partial charge in [-0.05, 0) is 19.0 Å². The lowest BCUT2D eigenvalue weighted by Crippen LogP contribution is -2.34. The molecule has 0 radical (unpaired) electrons. The van der Waals surface area contributed by atoms with Crippen molar-refractivity contribution in [2.75, 3.05) is 18.5 Å². The Labute approximate surface area is 211 Å². The normalized spacial score (nSPS) is 18.9. The molecule has 34 heavy (non-hydrogen) atoms. The fourth-order valence-corrected chi connectivity index (χ4v) is 3.79. The molecule has 2 atom stereocenters. The number of ether oxygens (including phenoxy) is 2. The first kappa shape index (κ1) is 25.9. The van der Waals surface area contributed by atoms with Crippen molar-refractivity contribution in [2.45, 2.75) is 44.9 Å². The SMILES string of the molecule is CC(C)NCCCOc1cnc(OC2C=CC3N=CNC(Nc4ccn(C)n4)=C3C2)c(Cl)c1.Cl. The van der Waals surface area contributed by atoms with E-state index in [9.17, 15) is 0 Å². The minimum atomic E-state index is -0.217. The molecule has 2 aromatic rings. The maximum absolute atomic E-state index is 6.43. The molecule has 0 fully saturated rings. The highest BCUT2D eigenvalue weighted by molar-refractivity contribution is 6.31. The molecular formula is C23H31Cl2N7O2. The fraction of sp³-hybridized carbons (Fsp3) is 0.435. The van der Waals surface area contributed by atoms with Gasteiger partial charge in [0.25, 0.3) is 0 Å². The summed E-state index contributed by atoms with van der Waals surface area (Å²) in [5.41, 5.74) is 1.08. The van der Waals surface area contributed by atoms with Crippen LogP contribution in [-0.2, 0) is 7.05 Å². The second kappa shape index (κ2) is 12.1. The number of hydrogen-bond acceptors (Lipinski definition) is 8. The van der Waals surface area contributed by atoms with Gasteiger partial charge in [0.1, 0.15) is 22.7 Å². The van der Waals surface area contributed by atoms with Crippen LogP contribution in [0.4, 0.5) is 5.82 Å². The molecule has 0 saturated carbocycles. The Kier molecular flexibility index (Phi) is 9.20. The molecule has 3 heterocycles. The molecule has 184 valence electrons. The Morgan fingerprint density at radius 2 is 2.18 bits per heavy atom. The predicted molar refractivity (Wildman–Crippen MR) is 137 cm³/mol.